The van der Waals surface area contributed by atoms with Crippen molar-refractivity contribution < 1.29 is 4.74 Å². The average molecular weight is 249 g/mol. The maximum Gasteiger partial charge on any atom is 0.127 e. The van der Waals surface area contributed by atoms with Crippen LogP contribution in [-0.2, 0) is 6.42 Å². The smallest absolute Gasteiger partial charge is 0.127 e. The predicted molar refractivity (Wildman–Crippen MR) is 75.3 cm³/mol. The lowest BCUT2D eigenvalue weighted by molar-refractivity contribution is 0.358. The van der Waals surface area contributed by atoms with E-state index in [9.17, 15) is 0 Å². The molecule has 1 aromatic carbocycles. The van der Waals surface area contributed by atoms with E-state index in [1.807, 2.05) is 6.07 Å². The van der Waals surface area contributed by atoms with Crippen molar-refractivity contribution in [2.45, 2.75) is 13.3 Å². The van der Waals surface area contributed by atoms with E-state index in [1.165, 1.54) is 15.6 Å². The number of fused-ring (bicyclic) bond motifs is 1. The minimum absolute atomic E-state index is 0.998. The second-order valence-electron chi connectivity index (χ2n) is 4.24. The molecule has 2 nitrogen and oxygen atoms in total. The molecule has 0 bridgehead atoms. The van der Waals surface area contributed by atoms with Crippen LogP contribution in [0.5, 0.6) is 5.75 Å². The van der Waals surface area contributed by atoms with Crippen LogP contribution < -0.4 is 4.74 Å². The third-order valence-electron chi connectivity index (χ3n) is 3.16. The number of methoxy groups -OCH3 is 1. The van der Waals surface area contributed by atoms with Crippen LogP contribution in [0.15, 0.2) is 23.6 Å². The number of rotatable bonds is 5. The van der Waals surface area contributed by atoms with Gasteiger partial charge in [-0.25, -0.2) is 0 Å². The molecule has 0 saturated heterocycles. The largest absolute Gasteiger partial charge is 0.496 e. The van der Waals surface area contributed by atoms with Crippen molar-refractivity contribution in [3.63, 3.8) is 0 Å². The van der Waals surface area contributed by atoms with E-state index < -0.39 is 0 Å². The fourth-order valence-electron chi connectivity index (χ4n) is 1.94. The first-order chi connectivity index (χ1) is 8.26. The van der Waals surface area contributed by atoms with Gasteiger partial charge in [0.15, 0.2) is 0 Å². The van der Waals surface area contributed by atoms with Gasteiger partial charge in [-0.05, 0) is 43.1 Å². The van der Waals surface area contributed by atoms with Crippen LogP contribution in [0.2, 0.25) is 0 Å². The fraction of sp³-hybridized carbons (Fsp3) is 0.429. The first kappa shape index (κ1) is 12.4. The van der Waals surface area contributed by atoms with Gasteiger partial charge in [0.25, 0.3) is 0 Å². The Labute approximate surface area is 107 Å². The summed E-state index contributed by atoms with van der Waals surface area (Å²) in [7, 11) is 3.90. The summed E-state index contributed by atoms with van der Waals surface area (Å²) in [6.07, 6.45) is 1.09. The third-order valence-corrected chi connectivity index (χ3v) is 4.16. The SMILES string of the molecule is CCN(C)CCc1csc2cccc(OC)c12. The zero-order chi connectivity index (χ0) is 12.3. The Morgan fingerprint density at radius 1 is 1.35 bits per heavy atom. The molecule has 0 saturated carbocycles. The first-order valence-electron chi connectivity index (χ1n) is 5.98. The Hall–Kier alpha value is -1.06. The van der Waals surface area contributed by atoms with Crippen LogP contribution in [0.3, 0.4) is 0 Å². The second-order valence-corrected chi connectivity index (χ2v) is 5.15. The molecule has 0 N–H and O–H groups in total. The summed E-state index contributed by atoms with van der Waals surface area (Å²) in [6.45, 7) is 4.38. The van der Waals surface area contributed by atoms with Crippen molar-refractivity contribution in [1.29, 1.82) is 0 Å². The van der Waals surface area contributed by atoms with Gasteiger partial charge in [0.1, 0.15) is 5.75 Å². The minimum atomic E-state index is 0.998. The van der Waals surface area contributed by atoms with E-state index in [4.69, 9.17) is 4.74 Å². The van der Waals surface area contributed by atoms with Gasteiger partial charge < -0.3 is 9.64 Å². The highest BCUT2D eigenvalue weighted by Gasteiger charge is 2.09. The number of likely N-dealkylation sites (N-methyl/N-ethyl adjacent to an activating group) is 1. The average Bonchev–Trinajstić information content (AvgIpc) is 2.79. The molecule has 2 aromatic rings. The van der Waals surface area contributed by atoms with E-state index in [1.54, 1.807) is 18.4 Å². The fourth-order valence-corrected chi connectivity index (χ4v) is 2.95. The molecule has 0 atom stereocenters. The van der Waals surface area contributed by atoms with E-state index in [2.05, 4.69) is 36.4 Å². The molecule has 92 valence electrons. The molecule has 1 heterocycles. The number of hydrogen-bond acceptors (Lipinski definition) is 3. The number of nitrogens with zero attached hydrogens (tertiary/aromatic N) is 1. The van der Waals surface area contributed by atoms with Crippen LogP contribution in [-0.4, -0.2) is 32.1 Å². The molecule has 3 heteroatoms. The summed E-state index contributed by atoms with van der Waals surface area (Å²) < 4.78 is 6.77. The molecule has 0 fully saturated rings. The standard InChI is InChI=1S/C14H19NOS/c1-4-15(2)9-8-11-10-17-13-7-5-6-12(16-3)14(11)13/h5-7,10H,4,8-9H2,1-3H3. The van der Waals surface area contributed by atoms with Gasteiger partial charge in [-0.2, -0.15) is 0 Å². The highest BCUT2D eigenvalue weighted by atomic mass is 32.1. The van der Waals surface area contributed by atoms with E-state index in [0.717, 1.165) is 25.3 Å². The van der Waals surface area contributed by atoms with Gasteiger partial charge in [-0.1, -0.05) is 13.0 Å². The maximum absolute atomic E-state index is 5.45. The van der Waals surface area contributed by atoms with Gasteiger partial charge in [0.05, 0.1) is 7.11 Å². The van der Waals surface area contributed by atoms with Crippen LogP contribution in [0.25, 0.3) is 10.1 Å². The third kappa shape index (κ3) is 2.61. The number of benzene rings is 1. The minimum Gasteiger partial charge on any atom is -0.496 e. The van der Waals surface area contributed by atoms with E-state index in [0.29, 0.717) is 0 Å². The molecule has 0 unspecified atom stereocenters. The van der Waals surface area contributed by atoms with Crippen molar-refractivity contribution >= 4 is 21.4 Å². The lowest BCUT2D eigenvalue weighted by Gasteiger charge is -2.13. The van der Waals surface area contributed by atoms with Gasteiger partial charge in [0.2, 0.25) is 0 Å². The zero-order valence-corrected chi connectivity index (χ0v) is 11.5. The van der Waals surface area contributed by atoms with Gasteiger partial charge in [0, 0.05) is 16.6 Å². The lowest BCUT2D eigenvalue weighted by atomic mass is 10.1. The van der Waals surface area contributed by atoms with Crippen LogP contribution in [0, 0.1) is 0 Å². The van der Waals surface area contributed by atoms with Crippen LogP contribution in [0.4, 0.5) is 0 Å². The molecule has 17 heavy (non-hydrogen) atoms. The van der Waals surface area contributed by atoms with E-state index in [-0.39, 0.29) is 0 Å². The van der Waals surface area contributed by atoms with Gasteiger partial charge in [-0.3, -0.25) is 0 Å². The molecular weight excluding hydrogens is 230 g/mol. The van der Waals surface area contributed by atoms with Crippen LogP contribution >= 0.6 is 11.3 Å². The molecule has 0 aliphatic rings. The lowest BCUT2D eigenvalue weighted by Crippen LogP contribution is -2.20. The Kier molecular flexibility index (Phi) is 4.02. The number of thiophene rings is 1. The van der Waals surface area contributed by atoms with Crippen molar-refractivity contribution in [1.82, 2.24) is 4.90 Å². The summed E-state index contributed by atoms with van der Waals surface area (Å²) in [5.74, 6) is 0.998. The summed E-state index contributed by atoms with van der Waals surface area (Å²) in [6, 6.07) is 6.26. The molecule has 0 aliphatic carbocycles. The zero-order valence-electron chi connectivity index (χ0n) is 10.7. The van der Waals surface area contributed by atoms with Crippen molar-refractivity contribution in [2.75, 3.05) is 27.2 Å². The van der Waals surface area contributed by atoms with Crippen molar-refractivity contribution in [2.24, 2.45) is 0 Å². The highest BCUT2D eigenvalue weighted by Crippen LogP contribution is 2.33. The van der Waals surface area contributed by atoms with E-state index >= 15 is 0 Å². The summed E-state index contributed by atoms with van der Waals surface area (Å²) in [4.78, 5) is 2.33. The van der Waals surface area contributed by atoms with Crippen molar-refractivity contribution in [3.8, 4) is 5.75 Å². The van der Waals surface area contributed by atoms with Crippen LogP contribution in [0.1, 0.15) is 12.5 Å². The quantitative estimate of drug-likeness (QED) is 0.805. The predicted octanol–water partition coefficient (Wildman–Crippen LogP) is 3.40. The van der Waals surface area contributed by atoms with Crippen molar-refractivity contribution in [3.05, 3.63) is 29.1 Å². The van der Waals surface area contributed by atoms with Gasteiger partial charge >= 0.3 is 0 Å². The molecule has 0 radical (unpaired) electrons. The monoisotopic (exact) mass is 249 g/mol. The topological polar surface area (TPSA) is 12.5 Å². The normalized spacial score (nSPS) is 11.3. The Bertz CT molecular complexity index is 492. The molecule has 2 rings (SSSR count). The molecule has 0 amide bonds. The summed E-state index contributed by atoms with van der Waals surface area (Å²) >= 11 is 1.80. The second kappa shape index (κ2) is 5.52. The molecular formula is C14H19NOS. The summed E-state index contributed by atoms with van der Waals surface area (Å²) in [5.41, 5.74) is 1.41. The Morgan fingerprint density at radius 3 is 2.88 bits per heavy atom. The highest BCUT2D eigenvalue weighted by molar-refractivity contribution is 7.17. The first-order valence-corrected chi connectivity index (χ1v) is 6.85. The number of ether oxygens (including phenoxy) is 1. The molecule has 0 aliphatic heterocycles. The maximum atomic E-state index is 5.45. The Balaban J connectivity index is 2.28. The molecule has 1 aromatic heterocycles. The van der Waals surface area contributed by atoms with Gasteiger partial charge in [-0.15, -0.1) is 11.3 Å². The number of hydrogen-bond donors (Lipinski definition) is 0. The summed E-state index contributed by atoms with van der Waals surface area (Å²) in [5, 5.41) is 3.56. The Morgan fingerprint density at radius 2 is 2.18 bits per heavy atom. The molecule has 0 spiro atoms.